The Hall–Kier alpha value is -7.10. The van der Waals surface area contributed by atoms with Crippen molar-refractivity contribution in [3.63, 3.8) is 0 Å². The van der Waals surface area contributed by atoms with Crippen molar-refractivity contribution in [1.29, 1.82) is 0 Å². The molecule has 3 aliphatic rings. The van der Waals surface area contributed by atoms with Crippen molar-refractivity contribution >= 4 is 28.1 Å². The summed E-state index contributed by atoms with van der Waals surface area (Å²) in [5, 5.41) is 1.22. The van der Waals surface area contributed by atoms with Crippen molar-refractivity contribution < 1.29 is 0 Å². The maximum absolute atomic E-state index is 5.40. The lowest BCUT2D eigenvalue weighted by Gasteiger charge is -2.23. The van der Waals surface area contributed by atoms with Crippen LogP contribution in [-0.4, -0.2) is 14.5 Å². The highest BCUT2D eigenvalue weighted by Gasteiger charge is 2.29. The molecule has 0 spiro atoms. The van der Waals surface area contributed by atoms with Gasteiger partial charge in [-0.3, -0.25) is 0 Å². The van der Waals surface area contributed by atoms with Gasteiger partial charge in [0, 0.05) is 50.7 Å². The monoisotopic (exact) mass is 759 g/mol. The van der Waals surface area contributed by atoms with E-state index in [9.17, 15) is 0 Å². The molecule has 0 saturated heterocycles. The predicted molar refractivity (Wildman–Crippen MR) is 249 cm³/mol. The highest BCUT2D eigenvalue weighted by Crippen LogP contribution is 2.47. The minimum absolute atomic E-state index is 0.205. The molecule has 2 atom stereocenters. The molecule has 0 bridgehead atoms. The fourth-order valence-electron chi connectivity index (χ4n) is 9.16. The van der Waals surface area contributed by atoms with Crippen LogP contribution >= 0.6 is 0 Å². The molecule has 0 radical (unpaired) electrons. The number of rotatable bonds is 8. The first kappa shape index (κ1) is 36.3. The zero-order chi connectivity index (χ0) is 39.9. The van der Waals surface area contributed by atoms with Gasteiger partial charge >= 0.3 is 0 Å². The minimum atomic E-state index is 0.205. The fraction of sp³-hybridized carbons (Fsp3) is 0.107. The Bertz CT molecular complexity index is 2960. The molecule has 59 heavy (non-hydrogen) atoms. The van der Waals surface area contributed by atoms with Crippen LogP contribution in [0.15, 0.2) is 189 Å². The molecule has 3 nitrogen and oxygen atoms in total. The van der Waals surface area contributed by atoms with E-state index in [1.54, 1.807) is 0 Å². The largest absolute Gasteiger partial charge is 0.333 e. The summed E-state index contributed by atoms with van der Waals surface area (Å²) in [5.41, 5.74) is 18.4. The molecule has 0 amide bonds. The summed E-state index contributed by atoms with van der Waals surface area (Å²) in [6.07, 6.45) is 26.0. The van der Waals surface area contributed by atoms with Crippen molar-refractivity contribution in [3.05, 3.63) is 222 Å². The average molecular weight is 760 g/mol. The number of benzene rings is 5. The van der Waals surface area contributed by atoms with Gasteiger partial charge in [0.2, 0.25) is 0 Å². The van der Waals surface area contributed by atoms with Gasteiger partial charge < -0.3 is 4.57 Å². The Morgan fingerprint density at radius 3 is 2.32 bits per heavy atom. The third-order valence-electron chi connectivity index (χ3n) is 12.0. The molecule has 0 saturated carbocycles. The highest BCUT2D eigenvalue weighted by atomic mass is 15.0. The Morgan fingerprint density at radius 1 is 0.729 bits per heavy atom. The second-order valence-corrected chi connectivity index (χ2v) is 15.7. The first-order valence-electron chi connectivity index (χ1n) is 20.7. The van der Waals surface area contributed by atoms with Crippen molar-refractivity contribution in [2.75, 3.05) is 0 Å². The van der Waals surface area contributed by atoms with Crippen LogP contribution < -0.4 is 0 Å². The van der Waals surface area contributed by atoms with E-state index in [1.807, 2.05) is 12.1 Å². The lowest BCUT2D eigenvalue weighted by molar-refractivity contribution is 0.623. The van der Waals surface area contributed by atoms with Crippen LogP contribution in [0.3, 0.4) is 0 Å². The second kappa shape index (κ2) is 15.3. The number of aromatic nitrogens is 3. The van der Waals surface area contributed by atoms with Crippen molar-refractivity contribution in [2.45, 2.75) is 32.7 Å². The van der Waals surface area contributed by atoms with E-state index in [-0.39, 0.29) is 6.04 Å². The van der Waals surface area contributed by atoms with Crippen LogP contribution in [0.2, 0.25) is 0 Å². The van der Waals surface area contributed by atoms with Crippen LogP contribution in [0.4, 0.5) is 0 Å². The smallest absolute Gasteiger partial charge is 0.160 e. The molecule has 284 valence electrons. The van der Waals surface area contributed by atoms with Crippen LogP contribution in [-0.2, 0) is 6.42 Å². The lowest BCUT2D eigenvalue weighted by atomic mass is 9.91. The van der Waals surface area contributed by atoms with E-state index in [2.05, 4.69) is 201 Å². The highest BCUT2D eigenvalue weighted by molar-refractivity contribution is 5.99. The summed E-state index contributed by atoms with van der Waals surface area (Å²) >= 11 is 0. The van der Waals surface area contributed by atoms with Crippen molar-refractivity contribution in [1.82, 2.24) is 14.5 Å². The van der Waals surface area contributed by atoms with Crippen LogP contribution in [0.1, 0.15) is 59.8 Å². The van der Waals surface area contributed by atoms with Gasteiger partial charge in [0.25, 0.3) is 0 Å². The van der Waals surface area contributed by atoms with Gasteiger partial charge in [-0.25, -0.2) is 9.97 Å². The van der Waals surface area contributed by atoms with Crippen LogP contribution in [0, 0.1) is 5.92 Å². The summed E-state index contributed by atoms with van der Waals surface area (Å²) < 4.78 is 2.52. The van der Waals surface area contributed by atoms with Crippen LogP contribution in [0.5, 0.6) is 0 Å². The first-order chi connectivity index (χ1) is 29.1. The summed E-state index contributed by atoms with van der Waals surface area (Å²) in [4.78, 5) is 10.7. The number of nitrogens with zero attached hydrogens (tertiary/aromatic N) is 3. The number of para-hydroxylation sites is 1. The molecule has 0 N–H and O–H groups in total. The zero-order valence-corrected chi connectivity index (χ0v) is 33.5. The molecule has 2 aromatic heterocycles. The Morgan fingerprint density at radius 2 is 1.51 bits per heavy atom. The molecule has 2 unspecified atom stereocenters. The molecule has 0 fully saturated rings. The maximum Gasteiger partial charge on any atom is 0.160 e. The molecule has 2 heterocycles. The Labute approximate surface area is 347 Å². The molecular weight excluding hydrogens is 715 g/mol. The average Bonchev–Trinajstić information content (AvgIpc) is 3.75. The standard InChI is InChI=1S/C56H45N3/c1-4-46(55-47(5-2)49-26-12-13-28-51(49)59(55)45-24-10-7-11-25-45)42-21-15-22-43(35-42)48-27-16-23-44-36-50-53(57-56(58-54(50)52(44)48)41-18-8-6-9-19-41)40-33-31-39(32-34-40)38-20-14-17-37(3)29-30-38/h4-24,26-35,37,45H,2,25,36H2,1,3H3/b46-4-. The topological polar surface area (TPSA) is 30.7 Å². The van der Waals surface area contributed by atoms with Crippen molar-refractivity contribution in [2.24, 2.45) is 5.92 Å². The van der Waals surface area contributed by atoms with Crippen molar-refractivity contribution in [3.8, 4) is 45.0 Å². The van der Waals surface area contributed by atoms with E-state index in [0.717, 1.165) is 52.3 Å². The van der Waals surface area contributed by atoms with Gasteiger partial charge in [-0.05, 0) is 64.8 Å². The van der Waals surface area contributed by atoms with Gasteiger partial charge in [0.15, 0.2) is 5.82 Å². The normalized spacial score (nSPS) is 16.8. The third-order valence-corrected chi connectivity index (χ3v) is 12.0. The van der Waals surface area contributed by atoms with Crippen LogP contribution in [0.25, 0.3) is 73.2 Å². The maximum atomic E-state index is 5.40. The number of fused-ring (bicyclic) bond motifs is 4. The molecule has 3 aliphatic carbocycles. The number of hydrogen-bond donors (Lipinski definition) is 0. The number of hydrogen-bond acceptors (Lipinski definition) is 2. The summed E-state index contributed by atoms with van der Waals surface area (Å²) in [6, 6.07) is 44.0. The van der Waals surface area contributed by atoms with Gasteiger partial charge in [0.1, 0.15) is 0 Å². The fourth-order valence-corrected chi connectivity index (χ4v) is 9.16. The molecule has 5 aromatic carbocycles. The molecular formula is C56H45N3. The van der Waals surface area contributed by atoms with E-state index in [1.165, 1.54) is 61.1 Å². The number of allylic oxidation sites excluding steroid dienone is 11. The summed E-state index contributed by atoms with van der Waals surface area (Å²) in [5.74, 6) is 1.16. The van der Waals surface area contributed by atoms with Gasteiger partial charge in [-0.2, -0.15) is 0 Å². The second-order valence-electron chi connectivity index (χ2n) is 15.7. The summed E-state index contributed by atoms with van der Waals surface area (Å²) in [7, 11) is 0. The van der Waals surface area contributed by atoms with E-state index in [0.29, 0.717) is 5.92 Å². The van der Waals surface area contributed by atoms with E-state index >= 15 is 0 Å². The van der Waals surface area contributed by atoms with E-state index in [4.69, 9.17) is 9.97 Å². The molecule has 0 aliphatic heterocycles. The lowest BCUT2D eigenvalue weighted by Crippen LogP contribution is -2.11. The molecule has 7 aromatic rings. The summed E-state index contributed by atoms with van der Waals surface area (Å²) in [6.45, 7) is 8.70. The van der Waals surface area contributed by atoms with Gasteiger partial charge in [-0.15, -0.1) is 0 Å². The van der Waals surface area contributed by atoms with Gasteiger partial charge in [0.05, 0.1) is 23.1 Å². The Kier molecular flexibility index (Phi) is 9.43. The van der Waals surface area contributed by atoms with Gasteiger partial charge in [-0.1, -0.05) is 190 Å². The van der Waals surface area contributed by atoms with E-state index < -0.39 is 0 Å². The predicted octanol–water partition coefficient (Wildman–Crippen LogP) is 14.3. The quantitative estimate of drug-likeness (QED) is 0.154. The molecule has 10 rings (SSSR count). The zero-order valence-electron chi connectivity index (χ0n) is 33.5. The SMILES string of the molecule is C=Cc1c(/C(=C\C)c2cccc(-c3cccc4c3-c3nc(-c5ccccc5)nc(-c5ccc(C6=CC=CC(C)C=C6)cc5)c3C4)c2)n(C2C=CC=CC2)c2ccccc12. The first-order valence-corrected chi connectivity index (χ1v) is 20.7. The minimum Gasteiger partial charge on any atom is -0.333 e. The third kappa shape index (κ3) is 6.49. The Balaban J connectivity index is 1.10. The molecule has 3 heteroatoms.